The summed E-state index contributed by atoms with van der Waals surface area (Å²) in [6, 6.07) is 11.4. The van der Waals surface area contributed by atoms with Crippen molar-refractivity contribution in [2.24, 2.45) is 23.7 Å². The van der Waals surface area contributed by atoms with E-state index in [1.165, 1.54) is 11.1 Å². The summed E-state index contributed by atoms with van der Waals surface area (Å²) in [6.07, 6.45) is 8.61. The highest BCUT2D eigenvalue weighted by Crippen LogP contribution is 2.46. The van der Waals surface area contributed by atoms with Crippen molar-refractivity contribution in [1.29, 1.82) is 0 Å². The lowest BCUT2D eigenvalue weighted by Crippen LogP contribution is -2.49. The normalized spacial score (nSPS) is 32.9. The van der Waals surface area contributed by atoms with Gasteiger partial charge in [-0.15, -0.1) is 0 Å². The van der Waals surface area contributed by atoms with Crippen LogP contribution in [0.1, 0.15) is 74.4 Å². The molecule has 2 aliphatic carbocycles. The second-order valence-electron chi connectivity index (χ2n) is 13.6. The fourth-order valence-corrected chi connectivity index (χ4v) is 10.2. The molecule has 6 rings (SSSR count). The van der Waals surface area contributed by atoms with Gasteiger partial charge in [-0.3, -0.25) is 4.79 Å². The lowest BCUT2D eigenvalue weighted by atomic mass is 9.68. The minimum absolute atomic E-state index is 0.122. The summed E-state index contributed by atoms with van der Waals surface area (Å²) in [5.41, 5.74) is 3.33. The van der Waals surface area contributed by atoms with E-state index in [0.29, 0.717) is 31.9 Å². The molecule has 0 radical (unpaired) electrons. The van der Waals surface area contributed by atoms with Crippen LogP contribution >= 0.6 is 11.6 Å². The van der Waals surface area contributed by atoms with Gasteiger partial charge in [0, 0.05) is 29.1 Å². The van der Waals surface area contributed by atoms with Gasteiger partial charge < -0.3 is 14.7 Å². The van der Waals surface area contributed by atoms with Crippen LogP contribution < -0.4 is 14.4 Å². The van der Waals surface area contributed by atoms with Crippen molar-refractivity contribution < 1.29 is 23.1 Å². The molecule has 2 aromatic carbocycles. The number of nitrogens with zero attached hydrogens (tertiary/aromatic N) is 1. The van der Waals surface area contributed by atoms with Crippen LogP contribution in [-0.4, -0.2) is 50.5 Å². The summed E-state index contributed by atoms with van der Waals surface area (Å²) in [6.45, 7) is 7.53. The van der Waals surface area contributed by atoms with Crippen molar-refractivity contribution in [3.63, 3.8) is 0 Å². The second-order valence-corrected chi connectivity index (χ2v) is 15.9. The Hall–Kier alpha value is -2.55. The van der Waals surface area contributed by atoms with Gasteiger partial charge in [-0.1, -0.05) is 50.6 Å². The SMILES string of the molecule is CC(C)[C@@H]1[C@@H](C)C/C=C\[C@H](O)[C@@H]2CC[C@H]2CN2C[C@@]3(CCCc4cc(Cl)ccc43)COc3ccc(cc32)C(=O)NS1(=O)=O. The van der Waals surface area contributed by atoms with Crippen LogP contribution in [0.25, 0.3) is 0 Å². The molecule has 2 bridgehead atoms. The third-order valence-corrected chi connectivity index (χ3v) is 12.8. The van der Waals surface area contributed by atoms with Crippen molar-refractivity contribution >= 4 is 33.2 Å². The molecule has 2 heterocycles. The monoisotopic (exact) mass is 626 g/mol. The van der Waals surface area contributed by atoms with Crippen molar-refractivity contribution in [2.75, 3.05) is 24.6 Å². The Bertz CT molecular complexity index is 1520. The summed E-state index contributed by atoms with van der Waals surface area (Å²) >= 11 is 6.39. The lowest BCUT2D eigenvalue weighted by Gasteiger charge is -2.45. The number of halogens is 1. The third-order valence-electron chi connectivity index (χ3n) is 10.3. The average molecular weight is 627 g/mol. The van der Waals surface area contributed by atoms with Gasteiger partial charge in [0.25, 0.3) is 5.91 Å². The number of allylic oxidation sites excluding steroid dienone is 1. The van der Waals surface area contributed by atoms with Crippen molar-refractivity contribution in [1.82, 2.24) is 4.72 Å². The fourth-order valence-electron chi connectivity index (χ4n) is 8.10. The first-order chi connectivity index (χ1) is 20.5. The Morgan fingerprint density at radius 1 is 1.16 bits per heavy atom. The highest BCUT2D eigenvalue weighted by Gasteiger charge is 2.44. The molecule has 1 fully saturated rings. The van der Waals surface area contributed by atoms with Crippen LogP contribution in [0.2, 0.25) is 5.02 Å². The highest BCUT2D eigenvalue weighted by molar-refractivity contribution is 7.90. The van der Waals surface area contributed by atoms with Gasteiger partial charge in [0.2, 0.25) is 10.0 Å². The number of carbonyl (C=O) groups is 1. The van der Waals surface area contributed by atoms with E-state index in [-0.39, 0.29) is 34.7 Å². The number of nitrogens with one attached hydrogen (secondary N) is 1. The Morgan fingerprint density at radius 3 is 2.72 bits per heavy atom. The van der Waals surface area contributed by atoms with Crippen molar-refractivity contribution in [3.05, 3.63) is 70.3 Å². The first kappa shape index (κ1) is 30.5. The van der Waals surface area contributed by atoms with Crippen molar-refractivity contribution in [3.8, 4) is 5.75 Å². The van der Waals surface area contributed by atoms with Gasteiger partial charge in [0.15, 0.2) is 0 Å². The minimum Gasteiger partial charge on any atom is -0.490 e. The zero-order valence-electron chi connectivity index (χ0n) is 25.3. The van der Waals surface area contributed by atoms with E-state index >= 15 is 0 Å². The summed E-state index contributed by atoms with van der Waals surface area (Å²) in [7, 11) is -3.97. The van der Waals surface area contributed by atoms with E-state index in [0.717, 1.165) is 42.8 Å². The highest BCUT2D eigenvalue weighted by atomic mass is 35.5. The topological polar surface area (TPSA) is 95.9 Å². The number of fused-ring (bicyclic) bond motifs is 4. The molecule has 2 N–H and O–H groups in total. The Morgan fingerprint density at radius 2 is 1.98 bits per heavy atom. The van der Waals surface area contributed by atoms with E-state index in [2.05, 4.69) is 21.8 Å². The molecule has 1 spiro atoms. The Balaban J connectivity index is 1.43. The molecule has 232 valence electrons. The molecular formula is C34H43ClN2O5S. The summed E-state index contributed by atoms with van der Waals surface area (Å²) < 4.78 is 36.1. The number of rotatable bonds is 1. The molecule has 1 saturated carbocycles. The number of aliphatic hydroxyl groups is 1. The number of benzene rings is 2. The van der Waals surface area contributed by atoms with Gasteiger partial charge in [-0.2, -0.15) is 0 Å². The maximum atomic E-state index is 13.6. The van der Waals surface area contributed by atoms with Crippen LogP contribution in [0.15, 0.2) is 48.6 Å². The van der Waals surface area contributed by atoms with Gasteiger partial charge in [0.05, 0.1) is 23.6 Å². The number of carbonyl (C=O) groups excluding carboxylic acids is 1. The zero-order valence-corrected chi connectivity index (χ0v) is 26.8. The second kappa shape index (κ2) is 11.8. The lowest BCUT2D eigenvalue weighted by molar-refractivity contribution is 0.0455. The summed E-state index contributed by atoms with van der Waals surface area (Å²) in [5.74, 6) is 0.0209. The van der Waals surface area contributed by atoms with Crippen LogP contribution in [0.4, 0.5) is 5.69 Å². The molecular weight excluding hydrogens is 584 g/mol. The predicted molar refractivity (Wildman–Crippen MR) is 170 cm³/mol. The van der Waals surface area contributed by atoms with E-state index in [4.69, 9.17) is 16.3 Å². The van der Waals surface area contributed by atoms with Crippen LogP contribution in [-0.2, 0) is 21.9 Å². The summed E-state index contributed by atoms with van der Waals surface area (Å²) in [5, 5.41) is 11.2. The molecule has 0 aromatic heterocycles. The molecule has 4 aliphatic rings. The van der Waals surface area contributed by atoms with Gasteiger partial charge >= 0.3 is 0 Å². The van der Waals surface area contributed by atoms with E-state index in [9.17, 15) is 18.3 Å². The van der Waals surface area contributed by atoms with Gasteiger partial charge in [0.1, 0.15) is 5.75 Å². The maximum Gasteiger partial charge on any atom is 0.264 e. The molecule has 6 atom stereocenters. The molecule has 0 unspecified atom stereocenters. The quantitative estimate of drug-likeness (QED) is 0.384. The number of hydrogen-bond donors (Lipinski definition) is 2. The molecule has 43 heavy (non-hydrogen) atoms. The molecule has 1 amide bonds. The molecule has 0 saturated heterocycles. The number of ether oxygens (including phenoxy) is 1. The van der Waals surface area contributed by atoms with Crippen molar-refractivity contribution in [2.45, 2.75) is 76.1 Å². The smallest absolute Gasteiger partial charge is 0.264 e. The van der Waals surface area contributed by atoms with E-state index in [1.807, 2.05) is 39.0 Å². The standard InChI is InChI=1S/C34H43ClN2O5S/c1-21(2)32-22(3)6-4-8-30(38)27-12-9-25(27)18-37-19-34(15-5-7-23-16-26(35)11-13-28(23)34)20-42-31-14-10-24(17-29(31)37)33(39)36-43(32,40)41/h4,8,10-11,13-14,16-17,21-22,25,27,30,32,38H,5-7,9,12,15,18-20H2,1-3H3,(H,36,39)/b8-4-/t22-,25-,27+,30-,32+,34-/m0/s1. The first-order valence-electron chi connectivity index (χ1n) is 15.7. The minimum atomic E-state index is -3.97. The van der Waals surface area contributed by atoms with Crippen LogP contribution in [0.3, 0.4) is 0 Å². The average Bonchev–Trinajstić information content (AvgIpc) is 3.07. The predicted octanol–water partition coefficient (Wildman–Crippen LogP) is 5.88. The molecule has 2 aromatic rings. The number of aryl methyl sites for hydroxylation is 1. The molecule has 7 nitrogen and oxygen atoms in total. The van der Waals surface area contributed by atoms with E-state index in [1.54, 1.807) is 18.2 Å². The third kappa shape index (κ3) is 5.83. The Labute approximate surface area is 260 Å². The van der Waals surface area contributed by atoms with Crippen LogP contribution in [0.5, 0.6) is 5.75 Å². The molecule has 9 heteroatoms. The zero-order chi connectivity index (χ0) is 30.5. The number of aliphatic hydroxyl groups excluding tert-OH is 1. The van der Waals surface area contributed by atoms with Gasteiger partial charge in [-0.05, 0) is 104 Å². The number of amides is 1. The number of anilines is 1. The van der Waals surface area contributed by atoms with Gasteiger partial charge in [-0.25, -0.2) is 13.1 Å². The fraction of sp³-hybridized carbons (Fsp3) is 0.559. The largest absolute Gasteiger partial charge is 0.490 e. The van der Waals surface area contributed by atoms with E-state index < -0.39 is 27.3 Å². The maximum absolute atomic E-state index is 13.6. The van der Waals surface area contributed by atoms with Crippen LogP contribution in [0, 0.1) is 23.7 Å². The first-order valence-corrected chi connectivity index (χ1v) is 17.6. The molecule has 2 aliphatic heterocycles. The number of hydrogen-bond acceptors (Lipinski definition) is 6. The summed E-state index contributed by atoms with van der Waals surface area (Å²) in [4.78, 5) is 15.9. The number of sulfonamides is 1. The Kier molecular flexibility index (Phi) is 8.33.